The van der Waals surface area contributed by atoms with E-state index in [0.29, 0.717) is 6.54 Å². The molecule has 2 aromatic rings. The maximum Gasteiger partial charge on any atom is 0.241 e. The number of nitrogens with one attached hydrogen (secondary N) is 1. The Morgan fingerprint density at radius 3 is 2.89 bits per heavy atom. The van der Waals surface area contributed by atoms with E-state index in [1.807, 2.05) is 27.0 Å². The zero-order chi connectivity index (χ0) is 13.1. The third-order valence-corrected chi connectivity index (χ3v) is 3.96. The van der Waals surface area contributed by atoms with Crippen LogP contribution in [0.25, 0.3) is 10.1 Å². The molecule has 3 nitrogen and oxygen atoms in total. The predicted molar refractivity (Wildman–Crippen MR) is 78.2 cm³/mol. The van der Waals surface area contributed by atoms with Gasteiger partial charge in [0.25, 0.3) is 0 Å². The Morgan fingerprint density at radius 2 is 2.17 bits per heavy atom. The van der Waals surface area contributed by atoms with Crippen molar-refractivity contribution < 1.29 is 4.79 Å². The summed E-state index contributed by atoms with van der Waals surface area (Å²) in [6.45, 7) is 4.36. The molecular formula is C14H18N2OS. The Bertz CT molecular complexity index is 547. The molecule has 1 aromatic carbocycles. The van der Waals surface area contributed by atoms with Crippen LogP contribution in [0.15, 0.2) is 29.6 Å². The highest BCUT2D eigenvalue weighted by molar-refractivity contribution is 7.17. The van der Waals surface area contributed by atoms with E-state index in [2.05, 4.69) is 28.9 Å². The van der Waals surface area contributed by atoms with Gasteiger partial charge in [-0.3, -0.25) is 4.79 Å². The van der Waals surface area contributed by atoms with E-state index in [0.717, 1.165) is 5.69 Å². The second-order valence-corrected chi connectivity index (χ2v) is 5.57. The first-order valence-electron chi connectivity index (χ1n) is 6.04. The van der Waals surface area contributed by atoms with Gasteiger partial charge in [-0.05, 0) is 48.9 Å². The number of amides is 1. The molecule has 0 saturated heterocycles. The lowest BCUT2D eigenvalue weighted by atomic mass is 10.2. The van der Waals surface area contributed by atoms with Gasteiger partial charge in [-0.1, -0.05) is 0 Å². The summed E-state index contributed by atoms with van der Waals surface area (Å²) in [5, 5.41) is 6.47. The molecule has 0 radical (unpaired) electrons. The summed E-state index contributed by atoms with van der Waals surface area (Å²) in [6.07, 6.45) is 0. The SMILES string of the molecule is CC(C)N(C)C(=O)CNc1ccc2sccc2c1. The molecule has 0 atom stereocenters. The van der Waals surface area contributed by atoms with Crippen LogP contribution in [0.1, 0.15) is 13.8 Å². The summed E-state index contributed by atoms with van der Waals surface area (Å²) in [6, 6.07) is 8.50. The Kier molecular flexibility index (Phi) is 3.87. The van der Waals surface area contributed by atoms with Crippen LogP contribution in [0.2, 0.25) is 0 Å². The molecule has 18 heavy (non-hydrogen) atoms. The van der Waals surface area contributed by atoms with Crippen molar-refractivity contribution in [3.05, 3.63) is 29.6 Å². The van der Waals surface area contributed by atoms with E-state index in [4.69, 9.17) is 0 Å². The van der Waals surface area contributed by atoms with Crippen LogP contribution in [-0.4, -0.2) is 30.4 Å². The third-order valence-electron chi connectivity index (χ3n) is 3.06. The van der Waals surface area contributed by atoms with Crippen LogP contribution < -0.4 is 5.32 Å². The predicted octanol–water partition coefficient (Wildman–Crippen LogP) is 3.18. The molecule has 2 rings (SSSR count). The van der Waals surface area contributed by atoms with Crippen molar-refractivity contribution in [2.75, 3.05) is 18.9 Å². The molecule has 0 saturated carbocycles. The van der Waals surface area contributed by atoms with E-state index < -0.39 is 0 Å². The minimum absolute atomic E-state index is 0.107. The van der Waals surface area contributed by atoms with Gasteiger partial charge < -0.3 is 10.2 Å². The van der Waals surface area contributed by atoms with Gasteiger partial charge in [-0.2, -0.15) is 0 Å². The van der Waals surface area contributed by atoms with Gasteiger partial charge in [0.2, 0.25) is 5.91 Å². The lowest BCUT2D eigenvalue weighted by Crippen LogP contribution is -2.37. The number of likely N-dealkylation sites (N-methyl/N-ethyl adjacent to an activating group) is 1. The number of fused-ring (bicyclic) bond motifs is 1. The van der Waals surface area contributed by atoms with Crippen molar-refractivity contribution in [1.29, 1.82) is 0 Å². The number of benzene rings is 1. The van der Waals surface area contributed by atoms with Crippen molar-refractivity contribution in [3.8, 4) is 0 Å². The number of nitrogens with zero attached hydrogens (tertiary/aromatic N) is 1. The van der Waals surface area contributed by atoms with E-state index in [9.17, 15) is 4.79 Å². The van der Waals surface area contributed by atoms with Crippen molar-refractivity contribution >= 4 is 33.0 Å². The van der Waals surface area contributed by atoms with Crippen LogP contribution in [-0.2, 0) is 4.79 Å². The summed E-state index contributed by atoms with van der Waals surface area (Å²) in [5.74, 6) is 0.107. The number of carbonyl (C=O) groups is 1. The van der Waals surface area contributed by atoms with Gasteiger partial charge >= 0.3 is 0 Å². The van der Waals surface area contributed by atoms with Crippen molar-refractivity contribution in [3.63, 3.8) is 0 Å². The summed E-state index contributed by atoms with van der Waals surface area (Å²) < 4.78 is 1.27. The minimum Gasteiger partial charge on any atom is -0.376 e. The second kappa shape index (κ2) is 5.40. The van der Waals surface area contributed by atoms with Gasteiger partial charge in [0.1, 0.15) is 0 Å². The molecular weight excluding hydrogens is 244 g/mol. The zero-order valence-electron chi connectivity index (χ0n) is 10.9. The molecule has 0 spiro atoms. The fourth-order valence-electron chi connectivity index (χ4n) is 1.67. The smallest absolute Gasteiger partial charge is 0.241 e. The molecule has 4 heteroatoms. The highest BCUT2D eigenvalue weighted by atomic mass is 32.1. The molecule has 1 N–H and O–H groups in total. The Labute approximate surface area is 111 Å². The number of thiophene rings is 1. The number of rotatable bonds is 4. The minimum atomic E-state index is 0.107. The lowest BCUT2D eigenvalue weighted by molar-refractivity contribution is -0.129. The molecule has 1 aromatic heterocycles. The molecule has 1 heterocycles. The van der Waals surface area contributed by atoms with E-state index in [1.54, 1.807) is 16.2 Å². The number of anilines is 1. The van der Waals surface area contributed by atoms with Gasteiger partial charge in [-0.25, -0.2) is 0 Å². The topological polar surface area (TPSA) is 32.3 Å². The van der Waals surface area contributed by atoms with Gasteiger partial charge in [-0.15, -0.1) is 11.3 Å². The summed E-state index contributed by atoms with van der Waals surface area (Å²) in [7, 11) is 1.83. The molecule has 0 aliphatic heterocycles. The molecule has 0 bridgehead atoms. The third kappa shape index (κ3) is 2.82. The lowest BCUT2D eigenvalue weighted by Gasteiger charge is -2.21. The first-order valence-corrected chi connectivity index (χ1v) is 6.92. The number of hydrogen-bond donors (Lipinski definition) is 1. The van der Waals surface area contributed by atoms with Crippen LogP contribution in [0.3, 0.4) is 0 Å². The molecule has 0 fully saturated rings. The standard InChI is InChI=1S/C14H18N2OS/c1-10(2)16(3)14(17)9-15-12-4-5-13-11(8-12)6-7-18-13/h4-8,10,15H,9H2,1-3H3. The first-order chi connectivity index (χ1) is 8.58. The normalized spacial score (nSPS) is 10.9. The number of hydrogen-bond acceptors (Lipinski definition) is 3. The average Bonchev–Trinajstić information content (AvgIpc) is 2.82. The fourth-order valence-corrected chi connectivity index (χ4v) is 2.44. The maximum absolute atomic E-state index is 11.8. The quantitative estimate of drug-likeness (QED) is 0.918. The van der Waals surface area contributed by atoms with Crippen molar-refractivity contribution in [1.82, 2.24) is 4.90 Å². The highest BCUT2D eigenvalue weighted by Gasteiger charge is 2.11. The molecule has 0 unspecified atom stereocenters. The maximum atomic E-state index is 11.8. The highest BCUT2D eigenvalue weighted by Crippen LogP contribution is 2.23. The Hall–Kier alpha value is -1.55. The molecule has 0 aliphatic carbocycles. The first kappa shape index (κ1) is 12.9. The van der Waals surface area contributed by atoms with Crippen molar-refractivity contribution in [2.24, 2.45) is 0 Å². The van der Waals surface area contributed by atoms with Crippen molar-refractivity contribution in [2.45, 2.75) is 19.9 Å². The van der Waals surface area contributed by atoms with Crippen LogP contribution >= 0.6 is 11.3 Å². The summed E-state index contributed by atoms with van der Waals surface area (Å²) in [5.41, 5.74) is 0.992. The largest absolute Gasteiger partial charge is 0.376 e. The Balaban J connectivity index is 1.99. The monoisotopic (exact) mass is 262 g/mol. The van der Waals surface area contributed by atoms with E-state index in [-0.39, 0.29) is 11.9 Å². The molecule has 0 aliphatic rings. The van der Waals surface area contributed by atoms with Crippen LogP contribution in [0.4, 0.5) is 5.69 Å². The van der Waals surface area contributed by atoms with Crippen LogP contribution in [0.5, 0.6) is 0 Å². The fraction of sp³-hybridized carbons (Fsp3) is 0.357. The average molecular weight is 262 g/mol. The molecule has 96 valence electrons. The summed E-state index contributed by atoms with van der Waals surface area (Å²) in [4.78, 5) is 13.6. The van der Waals surface area contributed by atoms with E-state index in [1.165, 1.54) is 10.1 Å². The Morgan fingerprint density at radius 1 is 1.39 bits per heavy atom. The van der Waals surface area contributed by atoms with Crippen LogP contribution in [0, 0.1) is 0 Å². The van der Waals surface area contributed by atoms with Gasteiger partial charge in [0, 0.05) is 23.5 Å². The zero-order valence-corrected chi connectivity index (χ0v) is 11.8. The van der Waals surface area contributed by atoms with Gasteiger partial charge in [0.05, 0.1) is 6.54 Å². The second-order valence-electron chi connectivity index (χ2n) is 4.63. The molecule has 1 amide bonds. The van der Waals surface area contributed by atoms with E-state index >= 15 is 0 Å². The summed E-state index contributed by atoms with van der Waals surface area (Å²) >= 11 is 1.73. The van der Waals surface area contributed by atoms with Gasteiger partial charge in [0.15, 0.2) is 0 Å². The number of carbonyl (C=O) groups excluding carboxylic acids is 1.